The second-order valence-electron chi connectivity index (χ2n) is 5.84. The third-order valence-corrected chi connectivity index (χ3v) is 5.34. The van der Waals surface area contributed by atoms with Crippen molar-refractivity contribution in [3.63, 3.8) is 0 Å². The molecule has 0 bridgehead atoms. The number of likely N-dealkylation sites (tertiary alicyclic amines) is 1. The Labute approximate surface area is 137 Å². The number of carboxylic acid groups (broad SMARTS) is 1. The Hall–Kier alpha value is -1.83. The van der Waals surface area contributed by atoms with E-state index in [4.69, 9.17) is 5.11 Å². The number of hydrogen-bond donors (Lipinski definition) is 1. The average Bonchev–Trinajstić information content (AvgIpc) is 3.02. The summed E-state index contributed by atoms with van der Waals surface area (Å²) in [6.07, 6.45) is 4.48. The molecule has 1 N–H and O–H groups in total. The lowest BCUT2D eigenvalue weighted by Gasteiger charge is -2.35. The first-order valence-corrected chi connectivity index (χ1v) is 8.82. The molecule has 3 heterocycles. The van der Waals surface area contributed by atoms with Crippen molar-refractivity contribution in [2.24, 2.45) is 0 Å². The summed E-state index contributed by atoms with van der Waals surface area (Å²) in [7, 11) is 0. The monoisotopic (exact) mass is 337 g/mol. The van der Waals surface area contributed by atoms with Crippen molar-refractivity contribution in [2.75, 3.05) is 12.3 Å². The topological polar surface area (TPSA) is 92.5 Å². The van der Waals surface area contributed by atoms with E-state index in [2.05, 4.69) is 4.98 Å². The molecule has 1 amide bonds. The SMILES string of the molecule is O=C(O)CCC1CCCCN1C(=O)c1cnc2n(c1=O)CCS2. The van der Waals surface area contributed by atoms with E-state index >= 15 is 0 Å². The number of hydrogen-bond acceptors (Lipinski definition) is 5. The summed E-state index contributed by atoms with van der Waals surface area (Å²) in [6.45, 7) is 1.15. The lowest BCUT2D eigenvalue weighted by atomic mass is 9.97. The molecule has 8 heteroatoms. The Morgan fingerprint density at radius 2 is 2.17 bits per heavy atom. The fourth-order valence-corrected chi connectivity index (χ4v) is 4.09. The van der Waals surface area contributed by atoms with Gasteiger partial charge in [0, 0.05) is 37.5 Å². The number of amides is 1. The Morgan fingerprint density at radius 1 is 1.35 bits per heavy atom. The summed E-state index contributed by atoms with van der Waals surface area (Å²) in [5, 5.41) is 9.53. The highest BCUT2D eigenvalue weighted by Gasteiger charge is 2.30. The molecular formula is C15H19N3O4S. The maximum atomic E-state index is 12.8. The van der Waals surface area contributed by atoms with E-state index < -0.39 is 5.97 Å². The van der Waals surface area contributed by atoms with Crippen molar-refractivity contribution in [2.45, 2.75) is 49.8 Å². The number of aliphatic carboxylic acids is 1. The molecule has 2 aliphatic heterocycles. The van der Waals surface area contributed by atoms with E-state index in [1.807, 2.05) is 0 Å². The Kier molecular flexibility index (Phi) is 4.70. The zero-order valence-corrected chi connectivity index (χ0v) is 13.5. The molecule has 23 heavy (non-hydrogen) atoms. The fourth-order valence-electron chi connectivity index (χ4n) is 3.18. The van der Waals surface area contributed by atoms with Gasteiger partial charge in [-0.05, 0) is 25.7 Å². The summed E-state index contributed by atoms with van der Waals surface area (Å²) in [6, 6.07) is -0.112. The van der Waals surface area contributed by atoms with Crippen molar-refractivity contribution in [1.29, 1.82) is 0 Å². The summed E-state index contributed by atoms with van der Waals surface area (Å²) in [5.74, 6) is -0.380. The van der Waals surface area contributed by atoms with Gasteiger partial charge in [-0.2, -0.15) is 0 Å². The van der Waals surface area contributed by atoms with Crippen molar-refractivity contribution in [3.8, 4) is 0 Å². The van der Waals surface area contributed by atoms with E-state index in [9.17, 15) is 14.4 Å². The number of rotatable bonds is 4. The predicted molar refractivity (Wildman–Crippen MR) is 84.8 cm³/mol. The van der Waals surface area contributed by atoms with E-state index in [0.29, 0.717) is 24.7 Å². The molecule has 1 saturated heterocycles. The first-order valence-electron chi connectivity index (χ1n) is 7.83. The van der Waals surface area contributed by atoms with Gasteiger partial charge in [0.15, 0.2) is 5.16 Å². The van der Waals surface area contributed by atoms with Crippen LogP contribution in [-0.4, -0.2) is 49.8 Å². The lowest BCUT2D eigenvalue weighted by Crippen LogP contribution is -2.46. The van der Waals surface area contributed by atoms with Gasteiger partial charge < -0.3 is 10.0 Å². The van der Waals surface area contributed by atoms with Crippen LogP contribution in [0, 0.1) is 0 Å². The second kappa shape index (κ2) is 6.74. The highest BCUT2D eigenvalue weighted by atomic mass is 32.2. The first kappa shape index (κ1) is 16.0. The van der Waals surface area contributed by atoms with Crippen LogP contribution in [-0.2, 0) is 11.3 Å². The van der Waals surface area contributed by atoms with Gasteiger partial charge in [-0.25, -0.2) is 4.98 Å². The van der Waals surface area contributed by atoms with Gasteiger partial charge in [0.05, 0.1) is 0 Å². The molecule has 0 radical (unpaired) electrons. The van der Waals surface area contributed by atoms with Crippen LogP contribution in [0.5, 0.6) is 0 Å². The van der Waals surface area contributed by atoms with Crippen LogP contribution >= 0.6 is 11.8 Å². The second-order valence-corrected chi connectivity index (χ2v) is 6.90. The molecule has 7 nitrogen and oxygen atoms in total. The Balaban J connectivity index is 1.83. The van der Waals surface area contributed by atoms with Gasteiger partial charge in [-0.15, -0.1) is 0 Å². The molecule has 2 aliphatic rings. The molecule has 0 aliphatic carbocycles. The van der Waals surface area contributed by atoms with Crippen LogP contribution in [0.3, 0.4) is 0 Å². The van der Waals surface area contributed by atoms with Crippen LogP contribution in [0.15, 0.2) is 16.1 Å². The van der Waals surface area contributed by atoms with Crippen LogP contribution in [0.25, 0.3) is 0 Å². The third kappa shape index (κ3) is 3.26. The molecular weight excluding hydrogens is 318 g/mol. The molecule has 1 fully saturated rings. The van der Waals surface area contributed by atoms with E-state index in [0.717, 1.165) is 25.0 Å². The molecule has 1 aromatic heterocycles. The van der Waals surface area contributed by atoms with Gasteiger partial charge >= 0.3 is 5.97 Å². The van der Waals surface area contributed by atoms with E-state index in [-0.39, 0.29) is 29.5 Å². The number of carbonyl (C=O) groups excluding carboxylic acids is 1. The minimum Gasteiger partial charge on any atom is -0.481 e. The van der Waals surface area contributed by atoms with Crippen LogP contribution in [0.2, 0.25) is 0 Å². The zero-order valence-electron chi connectivity index (χ0n) is 12.7. The molecule has 0 aromatic carbocycles. The molecule has 124 valence electrons. The minimum absolute atomic E-state index is 0.0342. The first-order chi connectivity index (χ1) is 11.1. The Bertz CT molecular complexity index is 688. The van der Waals surface area contributed by atoms with Gasteiger partial charge in [-0.1, -0.05) is 11.8 Å². The molecule has 0 spiro atoms. The highest BCUT2D eigenvalue weighted by Crippen LogP contribution is 2.24. The maximum Gasteiger partial charge on any atom is 0.303 e. The summed E-state index contributed by atoms with van der Waals surface area (Å²) in [5.41, 5.74) is -0.189. The quantitative estimate of drug-likeness (QED) is 0.830. The largest absolute Gasteiger partial charge is 0.481 e. The summed E-state index contributed by atoms with van der Waals surface area (Å²) < 4.78 is 1.55. The van der Waals surface area contributed by atoms with Gasteiger partial charge in [0.1, 0.15) is 5.56 Å². The molecule has 1 atom stereocenters. The number of nitrogens with zero attached hydrogens (tertiary/aromatic N) is 3. The van der Waals surface area contributed by atoms with Crippen molar-refractivity contribution in [3.05, 3.63) is 22.1 Å². The molecule has 0 saturated carbocycles. The fraction of sp³-hybridized carbons (Fsp3) is 0.600. The van der Waals surface area contributed by atoms with Gasteiger partial charge in [0.25, 0.3) is 11.5 Å². The lowest BCUT2D eigenvalue weighted by molar-refractivity contribution is -0.137. The van der Waals surface area contributed by atoms with E-state index in [1.165, 1.54) is 18.0 Å². The maximum absolute atomic E-state index is 12.8. The molecule has 1 unspecified atom stereocenters. The number of aromatic nitrogens is 2. The number of carboxylic acids is 1. The number of piperidine rings is 1. The summed E-state index contributed by atoms with van der Waals surface area (Å²) in [4.78, 5) is 42.0. The molecule has 3 rings (SSSR count). The Morgan fingerprint density at radius 3 is 2.96 bits per heavy atom. The van der Waals surface area contributed by atoms with Gasteiger partial charge in [0.2, 0.25) is 0 Å². The number of fused-ring (bicyclic) bond motifs is 1. The minimum atomic E-state index is -0.862. The van der Waals surface area contributed by atoms with Crippen molar-refractivity contribution >= 4 is 23.6 Å². The standard InChI is InChI=1S/C15H19N3O4S/c19-12(20)5-4-10-3-1-2-6-17(10)13(21)11-9-16-15-18(14(11)22)7-8-23-15/h9-10H,1-8H2,(H,19,20). The third-order valence-electron chi connectivity index (χ3n) is 4.37. The smallest absolute Gasteiger partial charge is 0.303 e. The highest BCUT2D eigenvalue weighted by molar-refractivity contribution is 7.99. The van der Waals surface area contributed by atoms with Crippen LogP contribution < -0.4 is 5.56 Å². The predicted octanol–water partition coefficient (Wildman–Crippen LogP) is 1.21. The molecule has 1 aromatic rings. The number of carbonyl (C=O) groups is 2. The van der Waals surface area contributed by atoms with E-state index in [1.54, 1.807) is 9.47 Å². The normalized spacial score (nSPS) is 20.3. The van der Waals surface area contributed by atoms with Crippen molar-refractivity contribution in [1.82, 2.24) is 14.5 Å². The number of thioether (sulfide) groups is 1. The van der Waals surface area contributed by atoms with Gasteiger partial charge in [-0.3, -0.25) is 19.0 Å². The van der Waals surface area contributed by atoms with Crippen molar-refractivity contribution < 1.29 is 14.7 Å². The van der Waals surface area contributed by atoms with Crippen LogP contribution in [0.4, 0.5) is 0 Å². The zero-order chi connectivity index (χ0) is 16.4. The summed E-state index contributed by atoms with van der Waals surface area (Å²) >= 11 is 1.51. The van der Waals surface area contributed by atoms with Crippen LogP contribution in [0.1, 0.15) is 42.5 Å². The average molecular weight is 337 g/mol.